The van der Waals surface area contributed by atoms with Crippen LogP contribution in [0.1, 0.15) is 17.0 Å². The van der Waals surface area contributed by atoms with Crippen LogP contribution in [0.15, 0.2) is 36.5 Å². The lowest BCUT2D eigenvalue weighted by atomic mass is 10.1. The average Bonchev–Trinajstić information content (AvgIpc) is 2.81. The number of pyridine rings is 1. The van der Waals surface area contributed by atoms with Gasteiger partial charge in [-0.15, -0.1) is 10.2 Å². The van der Waals surface area contributed by atoms with Crippen molar-refractivity contribution in [1.82, 2.24) is 14.6 Å². The Morgan fingerprint density at radius 1 is 1.10 bits per heavy atom. The topological polar surface area (TPSA) is 65.4 Å². The molecule has 0 aliphatic rings. The number of benzene rings is 1. The number of rotatable bonds is 3. The van der Waals surface area contributed by atoms with Crippen molar-refractivity contribution < 1.29 is 4.74 Å². The van der Waals surface area contributed by atoms with Crippen molar-refractivity contribution in [2.75, 3.05) is 5.73 Å². The molecule has 2 N–H and O–H groups in total. The number of ether oxygens (including phenoxy) is 1. The normalized spacial score (nSPS) is 10.9. The molecule has 5 nitrogen and oxygen atoms in total. The van der Waals surface area contributed by atoms with Crippen LogP contribution in [0, 0.1) is 13.8 Å². The molecule has 2 heterocycles. The highest BCUT2D eigenvalue weighted by atomic mass is 16.5. The molecule has 20 heavy (non-hydrogen) atoms. The average molecular weight is 268 g/mol. The van der Waals surface area contributed by atoms with Gasteiger partial charge in [0.25, 0.3) is 0 Å². The number of hydrogen-bond donors (Lipinski definition) is 1. The standard InChI is InChI=1S/C15H16N4O/c1-10-4-3-5-11(2)15(10)20-9-14-18-17-13-7-6-12(16)8-19(13)14/h3-8H,9,16H2,1-2H3. The van der Waals surface area contributed by atoms with E-state index in [0.717, 1.165) is 28.3 Å². The lowest BCUT2D eigenvalue weighted by Gasteiger charge is -2.11. The smallest absolute Gasteiger partial charge is 0.175 e. The molecule has 0 aliphatic carbocycles. The van der Waals surface area contributed by atoms with Crippen molar-refractivity contribution in [2.45, 2.75) is 20.5 Å². The maximum Gasteiger partial charge on any atom is 0.175 e. The van der Waals surface area contributed by atoms with Crippen LogP contribution in [-0.4, -0.2) is 14.6 Å². The van der Waals surface area contributed by atoms with E-state index in [0.29, 0.717) is 12.3 Å². The summed E-state index contributed by atoms with van der Waals surface area (Å²) in [6.45, 7) is 4.42. The van der Waals surface area contributed by atoms with Crippen molar-refractivity contribution in [2.24, 2.45) is 0 Å². The Balaban J connectivity index is 1.89. The highest BCUT2D eigenvalue weighted by molar-refractivity contribution is 5.47. The third-order valence-electron chi connectivity index (χ3n) is 3.25. The summed E-state index contributed by atoms with van der Waals surface area (Å²) < 4.78 is 7.75. The van der Waals surface area contributed by atoms with E-state index in [1.54, 1.807) is 12.3 Å². The van der Waals surface area contributed by atoms with Crippen LogP contribution >= 0.6 is 0 Å². The Morgan fingerprint density at radius 3 is 2.60 bits per heavy atom. The minimum atomic E-state index is 0.357. The highest BCUT2D eigenvalue weighted by Gasteiger charge is 2.08. The molecule has 3 rings (SSSR count). The van der Waals surface area contributed by atoms with E-state index in [1.165, 1.54) is 0 Å². The van der Waals surface area contributed by atoms with Crippen LogP contribution in [-0.2, 0) is 6.61 Å². The Kier molecular flexibility index (Phi) is 3.02. The first kappa shape index (κ1) is 12.5. The number of nitrogens with two attached hydrogens (primary N) is 1. The summed E-state index contributed by atoms with van der Waals surface area (Å²) in [6, 6.07) is 9.72. The fraction of sp³-hybridized carbons (Fsp3) is 0.200. The van der Waals surface area contributed by atoms with E-state index >= 15 is 0 Å². The summed E-state index contributed by atoms with van der Waals surface area (Å²) in [5.41, 5.74) is 9.44. The molecule has 0 amide bonds. The van der Waals surface area contributed by atoms with Crippen molar-refractivity contribution in [3.05, 3.63) is 53.5 Å². The molecule has 1 aromatic carbocycles. The van der Waals surface area contributed by atoms with E-state index in [2.05, 4.69) is 10.2 Å². The lowest BCUT2D eigenvalue weighted by Crippen LogP contribution is -2.04. The first-order chi connectivity index (χ1) is 9.65. The predicted molar refractivity (Wildman–Crippen MR) is 77.6 cm³/mol. The second-order valence-electron chi connectivity index (χ2n) is 4.82. The van der Waals surface area contributed by atoms with Crippen LogP contribution in [0.2, 0.25) is 0 Å². The lowest BCUT2D eigenvalue weighted by molar-refractivity contribution is 0.290. The van der Waals surface area contributed by atoms with Gasteiger partial charge in [-0.3, -0.25) is 4.40 Å². The van der Waals surface area contributed by atoms with Gasteiger partial charge in [0.2, 0.25) is 0 Å². The van der Waals surface area contributed by atoms with Gasteiger partial charge in [-0.05, 0) is 37.1 Å². The largest absolute Gasteiger partial charge is 0.485 e. The van der Waals surface area contributed by atoms with Crippen molar-refractivity contribution in [1.29, 1.82) is 0 Å². The van der Waals surface area contributed by atoms with Crippen molar-refractivity contribution >= 4 is 11.3 Å². The molecule has 0 saturated carbocycles. The van der Waals surface area contributed by atoms with Crippen molar-refractivity contribution in [3.8, 4) is 5.75 Å². The molecular formula is C15H16N4O. The molecule has 0 saturated heterocycles. The molecule has 3 aromatic rings. The monoisotopic (exact) mass is 268 g/mol. The molecular weight excluding hydrogens is 252 g/mol. The molecule has 0 bridgehead atoms. The summed E-state index contributed by atoms with van der Waals surface area (Å²) in [5, 5.41) is 8.24. The Morgan fingerprint density at radius 2 is 1.85 bits per heavy atom. The molecule has 2 aromatic heterocycles. The maximum atomic E-state index is 5.90. The zero-order chi connectivity index (χ0) is 14.1. The van der Waals surface area contributed by atoms with Gasteiger partial charge < -0.3 is 10.5 Å². The van der Waals surface area contributed by atoms with Gasteiger partial charge in [0.1, 0.15) is 12.4 Å². The fourth-order valence-electron chi connectivity index (χ4n) is 2.22. The third kappa shape index (κ3) is 2.18. The highest BCUT2D eigenvalue weighted by Crippen LogP contribution is 2.23. The number of nitrogen functional groups attached to an aromatic ring is 1. The van der Waals surface area contributed by atoms with Gasteiger partial charge in [-0.2, -0.15) is 0 Å². The van der Waals surface area contributed by atoms with Crippen molar-refractivity contribution in [3.63, 3.8) is 0 Å². The molecule has 5 heteroatoms. The van der Waals surface area contributed by atoms with E-state index < -0.39 is 0 Å². The summed E-state index contributed by atoms with van der Waals surface area (Å²) >= 11 is 0. The quantitative estimate of drug-likeness (QED) is 0.792. The number of aromatic nitrogens is 3. The molecule has 0 radical (unpaired) electrons. The Bertz CT molecular complexity index is 743. The first-order valence-corrected chi connectivity index (χ1v) is 6.43. The summed E-state index contributed by atoms with van der Waals surface area (Å²) in [5.74, 6) is 1.63. The minimum Gasteiger partial charge on any atom is -0.485 e. The zero-order valence-corrected chi connectivity index (χ0v) is 11.5. The van der Waals surface area contributed by atoms with Crippen LogP contribution in [0.4, 0.5) is 5.69 Å². The van der Waals surface area contributed by atoms with Gasteiger partial charge in [-0.1, -0.05) is 18.2 Å². The molecule has 0 spiro atoms. The predicted octanol–water partition coefficient (Wildman–Crippen LogP) is 2.51. The number of anilines is 1. The minimum absolute atomic E-state index is 0.357. The van der Waals surface area contributed by atoms with E-state index in [4.69, 9.17) is 10.5 Å². The maximum absolute atomic E-state index is 5.90. The molecule has 0 atom stereocenters. The van der Waals surface area contributed by atoms with Crippen LogP contribution < -0.4 is 10.5 Å². The number of fused-ring (bicyclic) bond motifs is 1. The summed E-state index contributed by atoms with van der Waals surface area (Å²) in [7, 11) is 0. The fourth-order valence-corrected chi connectivity index (χ4v) is 2.22. The second kappa shape index (κ2) is 4.85. The molecule has 0 fully saturated rings. The Labute approximate surface area is 117 Å². The number of para-hydroxylation sites is 1. The number of nitrogens with zero attached hydrogens (tertiary/aromatic N) is 3. The SMILES string of the molecule is Cc1cccc(C)c1OCc1nnc2ccc(N)cn12. The van der Waals surface area contributed by atoms with E-state index in [1.807, 2.05) is 42.5 Å². The van der Waals surface area contributed by atoms with Crippen LogP contribution in [0.3, 0.4) is 0 Å². The zero-order valence-electron chi connectivity index (χ0n) is 11.5. The third-order valence-corrected chi connectivity index (χ3v) is 3.25. The van der Waals surface area contributed by atoms with Gasteiger partial charge in [0.15, 0.2) is 11.5 Å². The van der Waals surface area contributed by atoms with Gasteiger partial charge in [-0.25, -0.2) is 0 Å². The first-order valence-electron chi connectivity index (χ1n) is 6.43. The van der Waals surface area contributed by atoms with Gasteiger partial charge in [0, 0.05) is 11.9 Å². The Hall–Kier alpha value is -2.56. The van der Waals surface area contributed by atoms with Crippen LogP contribution in [0.25, 0.3) is 5.65 Å². The second-order valence-corrected chi connectivity index (χ2v) is 4.82. The van der Waals surface area contributed by atoms with E-state index in [-0.39, 0.29) is 0 Å². The van der Waals surface area contributed by atoms with Crippen LogP contribution in [0.5, 0.6) is 5.75 Å². The molecule has 0 aliphatic heterocycles. The molecule has 0 unspecified atom stereocenters. The van der Waals surface area contributed by atoms with E-state index in [9.17, 15) is 0 Å². The number of aryl methyl sites for hydroxylation is 2. The van der Waals surface area contributed by atoms with Gasteiger partial charge >= 0.3 is 0 Å². The summed E-state index contributed by atoms with van der Waals surface area (Å²) in [4.78, 5) is 0. The summed E-state index contributed by atoms with van der Waals surface area (Å²) in [6.07, 6.45) is 1.80. The number of hydrogen-bond acceptors (Lipinski definition) is 4. The molecule has 102 valence electrons. The van der Waals surface area contributed by atoms with Gasteiger partial charge in [0.05, 0.1) is 0 Å².